The van der Waals surface area contributed by atoms with Gasteiger partial charge in [0.25, 0.3) is 0 Å². The van der Waals surface area contributed by atoms with E-state index in [0.29, 0.717) is 20.0 Å². The molecule has 3 unspecified atom stereocenters. The molecular formula is C25H29F4NO. The molecule has 6 heteroatoms. The fourth-order valence-corrected chi connectivity index (χ4v) is 5.33. The molecule has 1 aliphatic heterocycles. The number of fused-ring (bicyclic) bond motifs is 3. The summed E-state index contributed by atoms with van der Waals surface area (Å²) in [6.45, 7) is 4.11. The van der Waals surface area contributed by atoms with Crippen molar-refractivity contribution in [1.29, 1.82) is 0 Å². The van der Waals surface area contributed by atoms with Gasteiger partial charge in [-0.1, -0.05) is 30.3 Å². The molecule has 1 aliphatic carbocycles. The summed E-state index contributed by atoms with van der Waals surface area (Å²) in [5.41, 5.74) is -0.797. The molecule has 2 aromatic carbocycles. The van der Waals surface area contributed by atoms with E-state index in [1.807, 2.05) is 19.1 Å². The molecule has 0 radical (unpaired) electrons. The molecule has 1 fully saturated rings. The van der Waals surface area contributed by atoms with Crippen molar-refractivity contribution in [1.82, 2.24) is 5.32 Å². The largest absolute Gasteiger partial charge is 0.494 e. The fraction of sp³-hybridized carbons (Fsp3) is 0.520. The zero-order valence-corrected chi connectivity index (χ0v) is 18.0. The van der Waals surface area contributed by atoms with Crippen molar-refractivity contribution in [2.24, 2.45) is 0 Å². The molecule has 4 rings (SSSR count). The molecule has 168 valence electrons. The summed E-state index contributed by atoms with van der Waals surface area (Å²) >= 11 is 0. The smallest absolute Gasteiger partial charge is 0.426 e. The minimum absolute atomic E-state index is 0.206. The molecule has 1 saturated heterocycles. The molecule has 0 bridgehead atoms. The zero-order chi connectivity index (χ0) is 22.3. The molecule has 3 atom stereocenters. The molecule has 1 N–H and O–H groups in total. The molecular weight excluding hydrogens is 406 g/mol. The summed E-state index contributed by atoms with van der Waals surface area (Å²) in [7, 11) is 0. The first-order chi connectivity index (χ1) is 14.7. The van der Waals surface area contributed by atoms with Gasteiger partial charge in [0, 0.05) is 11.5 Å². The van der Waals surface area contributed by atoms with Gasteiger partial charge < -0.3 is 10.1 Å². The Balaban J connectivity index is 1.72. The van der Waals surface area contributed by atoms with Crippen LogP contribution in [-0.2, 0) is 23.9 Å². The van der Waals surface area contributed by atoms with Gasteiger partial charge in [0.05, 0.1) is 6.61 Å². The van der Waals surface area contributed by atoms with Crippen LogP contribution < -0.4 is 10.1 Å². The van der Waals surface area contributed by atoms with Crippen molar-refractivity contribution in [2.45, 2.75) is 69.3 Å². The fourth-order valence-electron chi connectivity index (χ4n) is 5.33. The number of alkyl halides is 4. The third-order valence-electron chi connectivity index (χ3n) is 7.03. The highest BCUT2D eigenvalue weighted by Gasteiger charge is 2.54. The lowest BCUT2D eigenvalue weighted by atomic mass is 9.60. The average Bonchev–Trinajstić information content (AvgIpc) is 2.74. The number of hydrogen-bond donors (Lipinski definition) is 1. The van der Waals surface area contributed by atoms with Crippen LogP contribution in [0.15, 0.2) is 42.5 Å². The molecule has 2 aromatic rings. The third kappa shape index (κ3) is 3.95. The van der Waals surface area contributed by atoms with Gasteiger partial charge in [-0.25, -0.2) is 4.39 Å². The monoisotopic (exact) mass is 435 g/mol. The molecule has 0 aromatic heterocycles. The second kappa shape index (κ2) is 8.12. The van der Waals surface area contributed by atoms with Gasteiger partial charge in [-0.2, -0.15) is 13.2 Å². The molecule has 0 spiro atoms. The number of nitrogens with one attached hydrogen (secondary N) is 1. The van der Waals surface area contributed by atoms with Crippen molar-refractivity contribution in [2.75, 3.05) is 13.2 Å². The van der Waals surface area contributed by atoms with E-state index >= 15 is 0 Å². The van der Waals surface area contributed by atoms with E-state index in [-0.39, 0.29) is 17.0 Å². The lowest BCUT2D eigenvalue weighted by Gasteiger charge is -2.49. The van der Waals surface area contributed by atoms with E-state index in [0.717, 1.165) is 49.1 Å². The van der Waals surface area contributed by atoms with Crippen LogP contribution in [-0.4, -0.2) is 25.4 Å². The van der Waals surface area contributed by atoms with E-state index in [1.165, 1.54) is 17.7 Å². The van der Waals surface area contributed by atoms with Crippen molar-refractivity contribution in [3.63, 3.8) is 0 Å². The quantitative estimate of drug-likeness (QED) is 0.581. The Hall–Kier alpha value is -2.08. The second-order valence-corrected chi connectivity index (χ2v) is 8.93. The lowest BCUT2D eigenvalue weighted by molar-refractivity contribution is -0.228. The predicted molar refractivity (Wildman–Crippen MR) is 113 cm³/mol. The highest BCUT2D eigenvalue weighted by atomic mass is 19.4. The molecule has 0 amide bonds. The van der Waals surface area contributed by atoms with Gasteiger partial charge >= 0.3 is 6.18 Å². The Kier molecular flexibility index (Phi) is 5.80. The highest BCUT2D eigenvalue weighted by Crippen LogP contribution is 2.48. The number of halogens is 4. The summed E-state index contributed by atoms with van der Waals surface area (Å²) in [6, 6.07) is 12.9. The number of benzene rings is 2. The van der Waals surface area contributed by atoms with Gasteiger partial charge in [-0.05, 0) is 86.9 Å². The first-order valence-electron chi connectivity index (χ1n) is 11.0. The lowest BCUT2D eigenvalue weighted by Crippen LogP contribution is -2.56. The molecule has 2 aliphatic rings. The number of aryl methyl sites for hydroxylation is 1. The number of rotatable bonds is 5. The van der Waals surface area contributed by atoms with Gasteiger partial charge in [0.15, 0.2) is 0 Å². The molecule has 31 heavy (non-hydrogen) atoms. The average molecular weight is 436 g/mol. The van der Waals surface area contributed by atoms with Gasteiger partial charge in [-0.3, -0.25) is 0 Å². The van der Waals surface area contributed by atoms with Crippen LogP contribution >= 0.6 is 0 Å². The van der Waals surface area contributed by atoms with Gasteiger partial charge in [0.1, 0.15) is 5.75 Å². The Labute approximate surface area is 181 Å². The van der Waals surface area contributed by atoms with Gasteiger partial charge in [-0.15, -0.1) is 0 Å². The summed E-state index contributed by atoms with van der Waals surface area (Å²) < 4.78 is 60.0. The maximum absolute atomic E-state index is 14.6. The van der Waals surface area contributed by atoms with Crippen molar-refractivity contribution >= 4 is 0 Å². The number of ether oxygens (including phenoxy) is 1. The van der Waals surface area contributed by atoms with Crippen LogP contribution in [0.1, 0.15) is 55.4 Å². The van der Waals surface area contributed by atoms with E-state index in [4.69, 9.17) is 4.74 Å². The van der Waals surface area contributed by atoms with Crippen LogP contribution in [0.2, 0.25) is 0 Å². The van der Waals surface area contributed by atoms with Crippen LogP contribution in [0.25, 0.3) is 0 Å². The normalized spacial score (nSPS) is 25.3. The summed E-state index contributed by atoms with van der Waals surface area (Å²) in [4.78, 5) is 0. The standard InChI is InChI=1S/C25H29F4NO/c1-3-31-20-9-5-17(6-10-20)16-24-13-4-14-30-22(24)12-7-18-15-19(8-11-21(18)24)23(2,26)25(27,28)29/h5-6,8-11,15,22,30H,3-4,7,12-14,16H2,1-2H3. The van der Waals surface area contributed by atoms with Crippen LogP contribution in [0.5, 0.6) is 5.75 Å². The first kappa shape index (κ1) is 22.1. The third-order valence-corrected chi connectivity index (χ3v) is 7.03. The minimum atomic E-state index is -4.94. The Morgan fingerprint density at radius 2 is 1.84 bits per heavy atom. The number of piperidine rings is 1. The molecule has 1 heterocycles. The van der Waals surface area contributed by atoms with Crippen LogP contribution in [0.3, 0.4) is 0 Å². The SMILES string of the molecule is CCOc1ccc(CC23CCCNC2CCc2cc(C(C)(F)C(F)(F)F)ccc23)cc1. The van der Waals surface area contributed by atoms with Crippen molar-refractivity contribution in [3.8, 4) is 5.75 Å². The minimum Gasteiger partial charge on any atom is -0.494 e. The summed E-state index contributed by atoms with van der Waals surface area (Å²) in [6.07, 6.45) is -0.711. The van der Waals surface area contributed by atoms with E-state index < -0.39 is 11.8 Å². The maximum Gasteiger partial charge on any atom is 0.426 e. The number of hydrogen-bond acceptors (Lipinski definition) is 2. The Morgan fingerprint density at radius 3 is 2.52 bits per heavy atom. The maximum atomic E-state index is 14.6. The van der Waals surface area contributed by atoms with Crippen LogP contribution in [0, 0.1) is 0 Å². The highest BCUT2D eigenvalue weighted by molar-refractivity contribution is 5.45. The molecule has 2 nitrogen and oxygen atoms in total. The Bertz CT molecular complexity index is 922. The molecule has 0 saturated carbocycles. The topological polar surface area (TPSA) is 21.3 Å². The predicted octanol–water partition coefficient (Wildman–Crippen LogP) is 6.01. The van der Waals surface area contributed by atoms with Crippen molar-refractivity contribution < 1.29 is 22.3 Å². The van der Waals surface area contributed by atoms with E-state index in [2.05, 4.69) is 17.4 Å². The summed E-state index contributed by atoms with van der Waals surface area (Å²) in [5, 5.41) is 3.65. The Morgan fingerprint density at radius 1 is 1.10 bits per heavy atom. The van der Waals surface area contributed by atoms with E-state index in [1.54, 1.807) is 6.07 Å². The van der Waals surface area contributed by atoms with Crippen molar-refractivity contribution in [3.05, 3.63) is 64.7 Å². The van der Waals surface area contributed by atoms with E-state index in [9.17, 15) is 17.6 Å². The van der Waals surface area contributed by atoms with Gasteiger partial charge in [0.2, 0.25) is 5.67 Å². The summed E-state index contributed by atoms with van der Waals surface area (Å²) in [5.74, 6) is 0.824. The zero-order valence-electron chi connectivity index (χ0n) is 18.0. The second-order valence-electron chi connectivity index (χ2n) is 8.93. The van der Waals surface area contributed by atoms with Crippen LogP contribution in [0.4, 0.5) is 17.6 Å². The first-order valence-corrected chi connectivity index (χ1v) is 11.0.